The molecule has 4 nitrogen and oxygen atoms in total. The third kappa shape index (κ3) is 2.90. The molecule has 0 unspecified atom stereocenters. The molecule has 1 aromatic rings. The molecule has 0 spiro atoms. The van der Waals surface area contributed by atoms with Gasteiger partial charge in [-0.05, 0) is 44.8 Å². The van der Waals surface area contributed by atoms with E-state index in [-0.39, 0.29) is 5.91 Å². The van der Waals surface area contributed by atoms with E-state index in [1.807, 2.05) is 30.3 Å². The average Bonchev–Trinajstić information content (AvgIpc) is 3.17. The number of likely N-dealkylation sites (N-methyl/N-ethyl adjacent to an activating group) is 1. The predicted molar refractivity (Wildman–Crippen MR) is 86.6 cm³/mol. The molecule has 120 valence electrons. The van der Waals surface area contributed by atoms with Crippen molar-refractivity contribution in [2.24, 2.45) is 0 Å². The first-order valence-corrected chi connectivity index (χ1v) is 8.31. The van der Waals surface area contributed by atoms with E-state index in [1.54, 1.807) is 7.11 Å². The Labute approximate surface area is 133 Å². The predicted octanol–water partition coefficient (Wildman–Crippen LogP) is 2.46. The molecular weight excluding hydrogens is 276 g/mol. The van der Waals surface area contributed by atoms with Gasteiger partial charge in [0, 0.05) is 25.7 Å². The van der Waals surface area contributed by atoms with Gasteiger partial charge in [-0.2, -0.15) is 0 Å². The summed E-state index contributed by atoms with van der Waals surface area (Å²) in [6, 6.07) is 10.7. The summed E-state index contributed by atoms with van der Waals surface area (Å²) in [5, 5.41) is 0. The molecular formula is C18H26N2O2. The molecule has 4 heteroatoms. The van der Waals surface area contributed by atoms with Crippen LogP contribution in [-0.2, 0) is 9.53 Å². The number of hydrogen-bond acceptors (Lipinski definition) is 3. The molecule has 0 N–H and O–H groups in total. The number of methoxy groups -OCH3 is 1. The fraction of sp³-hybridized carbons (Fsp3) is 0.611. The van der Waals surface area contributed by atoms with Crippen molar-refractivity contribution < 1.29 is 9.53 Å². The highest BCUT2D eigenvalue weighted by Gasteiger charge is 2.40. The van der Waals surface area contributed by atoms with Gasteiger partial charge in [0.2, 0.25) is 0 Å². The Morgan fingerprint density at radius 1 is 1.14 bits per heavy atom. The summed E-state index contributed by atoms with van der Waals surface area (Å²) in [4.78, 5) is 17.5. The lowest BCUT2D eigenvalue weighted by Gasteiger charge is -2.35. The molecule has 2 saturated heterocycles. The fourth-order valence-corrected chi connectivity index (χ4v) is 4.05. The number of nitrogens with zero attached hydrogens (tertiary/aromatic N) is 2. The largest absolute Gasteiger partial charge is 0.367 e. The average molecular weight is 302 g/mol. The molecule has 0 radical (unpaired) electrons. The molecule has 2 fully saturated rings. The molecule has 2 aliphatic heterocycles. The highest BCUT2D eigenvalue weighted by atomic mass is 16.5. The van der Waals surface area contributed by atoms with Crippen LogP contribution < -0.4 is 0 Å². The second-order valence-corrected chi connectivity index (χ2v) is 6.46. The molecule has 1 aromatic carbocycles. The van der Waals surface area contributed by atoms with E-state index in [1.165, 1.54) is 12.8 Å². The zero-order chi connectivity index (χ0) is 15.5. The van der Waals surface area contributed by atoms with E-state index >= 15 is 0 Å². The summed E-state index contributed by atoms with van der Waals surface area (Å²) in [6.45, 7) is 2.01. The first kappa shape index (κ1) is 15.5. The van der Waals surface area contributed by atoms with E-state index in [0.717, 1.165) is 31.5 Å². The Kier molecular flexibility index (Phi) is 4.79. The molecule has 2 heterocycles. The van der Waals surface area contributed by atoms with Gasteiger partial charge in [-0.15, -0.1) is 0 Å². The Morgan fingerprint density at radius 2 is 1.82 bits per heavy atom. The molecule has 0 saturated carbocycles. The van der Waals surface area contributed by atoms with E-state index in [0.29, 0.717) is 12.1 Å². The topological polar surface area (TPSA) is 32.8 Å². The Morgan fingerprint density at radius 3 is 2.45 bits per heavy atom. The van der Waals surface area contributed by atoms with Crippen LogP contribution >= 0.6 is 0 Å². The minimum Gasteiger partial charge on any atom is -0.367 e. The van der Waals surface area contributed by atoms with Crippen molar-refractivity contribution in [2.45, 2.75) is 43.9 Å². The molecule has 3 atom stereocenters. The lowest BCUT2D eigenvalue weighted by Crippen LogP contribution is -2.48. The lowest BCUT2D eigenvalue weighted by molar-refractivity contribution is -0.144. The Hall–Kier alpha value is -1.39. The van der Waals surface area contributed by atoms with Crippen molar-refractivity contribution in [2.75, 3.05) is 27.2 Å². The Balaban J connectivity index is 1.77. The third-order valence-electron chi connectivity index (χ3n) is 5.17. The molecule has 0 aromatic heterocycles. The van der Waals surface area contributed by atoms with Crippen molar-refractivity contribution in [3.05, 3.63) is 35.9 Å². The maximum absolute atomic E-state index is 13.0. The molecule has 3 rings (SSSR count). The quantitative estimate of drug-likeness (QED) is 0.856. The molecule has 0 bridgehead atoms. The molecule has 1 amide bonds. The maximum Gasteiger partial charge on any atom is 0.256 e. The summed E-state index contributed by atoms with van der Waals surface area (Å²) >= 11 is 0. The first-order valence-electron chi connectivity index (χ1n) is 8.31. The zero-order valence-electron chi connectivity index (χ0n) is 13.6. The van der Waals surface area contributed by atoms with E-state index in [4.69, 9.17) is 4.74 Å². The van der Waals surface area contributed by atoms with E-state index in [9.17, 15) is 4.79 Å². The first-order chi connectivity index (χ1) is 10.7. The van der Waals surface area contributed by atoms with Gasteiger partial charge in [-0.1, -0.05) is 30.3 Å². The maximum atomic E-state index is 13.0. The van der Waals surface area contributed by atoms with Crippen molar-refractivity contribution in [3.63, 3.8) is 0 Å². The van der Waals surface area contributed by atoms with Crippen molar-refractivity contribution in [3.8, 4) is 0 Å². The van der Waals surface area contributed by atoms with E-state index in [2.05, 4.69) is 16.8 Å². The number of likely N-dealkylation sites (tertiary alicyclic amines) is 2. The van der Waals surface area contributed by atoms with Crippen molar-refractivity contribution in [1.82, 2.24) is 9.80 Å². The van der Waals surface area contributed by atoms with Gasteiger partial charge < -0.3 is 14.5 Å². The number of hydrogen-bond donors (Lipinski definition) is 0. The van der Waals surface area contributed by atoms with Crippen LogP contribution in [0.15, 0.2) is 30.3 Å². The van der Waals surface area contributed by atoms with Crippen LogP contribution in [0.3, 0.4) is 0 Å². The summed E-state index contributed by atoms with van der Waals surface area (Å²) < 4.78 is 5.54. The number of benzene rings is 1. The second-order valence-electron chi connectivity index (χ2n) is 6.46. The number of rotatable bonds is 4. The smallest absolute Gasteiger partial charge is 0.256 e. The van der Waals surface area contributed by atoms with Crippen LogP contribution in [0.1, 0.15) is 37.4 Å². The van der Waals surface area contributed by atoms with Crippen LogP contribution in [0.4, 0.5) is 0 Å². The third-order valence-corrected chi connectivity index (χ3v) is 5.17. The Bertz CT molecular complexity index is 505. The van der Waals surface area contributed by atoms with Crippen LogP contribution in [0, 0.1) is 0 Å². The molecule has 2 aliphatic rings. The van der Waals surface area contributed by atoms with Crippen molar-refractivity contribution >= 4 is 5.91 Å². The van der Waals surface area contributed by atoms with Crippen LogP contribution in [0.25, 0.3) is 0 Å². The minimum atomic E-state index is -0.478. The number of amides is 1. The number of ether oxygens (including phenoxy) is 1. The highest BCUT2D eigenvalue weighted by molar-refractivity contribution is 5.83. The lowest BCUT2D eigenvalue weighted by atomic mass is 10.0. The standard InChI is InChI=1S/C18H26N2O2/c1-19-12-6-10-15(19)16-11-7-13-20(16)18(21)17(22-2)14-8-4-3-5-9-14/h3-5,8-9,15-17H,6-7,10-13H2,1-2H3/t15-,16-,17-/m0/s1. The molecule has 22 heavy (non-hydrogen) atoms. The van der Waals surface area contributed by atoms with Gasteiger partial charge in [0.1, 0.15) is 0 Å². The van der Waals surface area contributed by atoms with E-state index < -0.39 is 6.10 Å². The summed E-state index contributed by atoms with van der Waals surface area (Å²) in [7, 11) is 3.81. The van der Waals surface area contributed by atoms with Gasteiger partial charge in [-0.3, -0.25) is 4.79 Å². The van der Waals surface area contributed by atoms with Crippen molar-refractivity contribution in [1.29, 1.82) is 0 Å². The number of carbonyl (C=O) groups is 1. The summed E-state index contributed by atoms with van der Waals surface area (Å²) in [5.74, 6) is 0.122. The monoisotopic (exact) mass is 302 g/mol. The summed E-state index contributed by atoms with van der Waals surface area (Å²) in [5.41, 5.74) is 0.945. The minimum absolute atomic E-state index is 0.122. The van der Waals surface area contributed by atoms with Gasteiger partial charge in [0.15, 0.2) is 6.10 Å². The zero-order valence-corrected chi connectivity index (χ0v) is 13.6. The normalized spacial score (nSPS) is 27.3. The van der Waals surface area contributed by atoms with Crippen LogP contribution in [0.2, 0.25) is 0 Å². The van der Waals surface area contributed by atoms with Gasteiger partial charge in [0.05, 0.1) is 0 Å². The molecule has 0 aliphatic carbocycles. The SMILES string of the molecule is CO[C@H](C(=O)N1CCC[C@H]1[C@@H]1CCCN1C)c1ccccc1. The van der Waals surface area contributed by atoms with Gasteiger partial charge in [0.25, 0.3) is 5.91 Å². The van der Waals surface area contributed by atoms with Gasteiger partial charge in [-0.25, -0.2) is 0 Å². The van der Waals surface area contributed by atoms with Crippen LogP contribution in [0.5, 0.6) is 0 Å². The van der Waals surface area contributed by atoms with Crippen LogP contribution in [-0.4, -0.2) is 55.0 Å². The number of carbonyl (C=O) groups excluding carboxylic acids is 1. The second kappa shape index (κ2) is 6.80. The summed E-state index contributed by atoms with van der Waals surface area (Å²) in [6.07, 6.45) is 4.19. The van der Waals surface area contributed by atoms with Gasteiger partial charge >= 0.3 is 0 Å². The fourth-order valence-electron chi connectivity index (χ4n) is 4.05. The highest BCUT2D eigenvalue weighted by Crippen LogP contribution is 2.31.